The maximum atomic E-state index is 11.7. The summed E-state index contributed by atoms with van der Waals surface area (Å²) in [7, 11) is -9.02. The highest BCUT2D eigenvalue weighted by atomic mass is 32.2. The number of carboxylic acid groups (broad SMARTS) is 2. The number of carboxylic acids is 2. The fourth-order valence-electron chi connectivity index (χ4n) is 4.61. The summed E-state index contributed by atoms with van der Waals surface area (Å²) in [6.07, 6.45) is 1.09. The van der Waals surface area contributed by atoms with Crippen molar-refractivity contribution in [3.63, 3.8) is 0 Å². The summed E-state index contributed by atoms with van der Waals surface area (Å²) < 4.78 is 65.8. The Labute approximate surface area is 293 Å². The van der Waals surface area contributed by atoms with Gasteiger partial charge in [-0.15, -0.1) is 10.2 Å². The zero-order valence-electron chi connectivity index (χ0n) is 26.1. The Morgan fingerprint density at radius 1 is 0.769 bits per heavy atom. The normalized spacial score (nSPS) is 11.5. The van der Waals surface area contributed by atoms with Gasteiger partial charge in [0.25, 0.3) is 20.2 Å². The smallest absolute Gasteiger partial charge is 0.335 e. The van der Waals surface area contributed by atoms with Crippen LogP contribution in [-0.4, -0.2) is 62.9 Å². The molecule has 21 heteroatoms. The van der Waals surface area contributed by atoms with Gasteiger partial charge >= 0.3 is 11.9 Å². The number of anilines is 4. The Bertz CT molecular complexity index is 2580. The minimum Gasteiger partial charge on any atom is -0.478 e. The maximum absolute atomic E-state index is 11.7. The van der Waals surface area contributed by atoms with E-state index in [9.17, 15) is 56.3 Å². The number of aromatic nitrogens is 3. The van der Waals surface area contributed by atoms with Crippen LogP contribution in [-0.2, 0) is 20.2 Å². The lowest BCUT2D eigenvalue weighted by molar-refractivity contribution is 0.0696. The molecular formula is C31H21N9O10S2. The van der Waals surface area contributed by atoms with Gasteiger partial charge in [-0.3, -0.25) is 9.11 Å². The number of benzene rings is 3. The SMILES string of the molecule is Cc1c(C#N)c(Nc2ccc(S(=O)(=O)O)cc2)nc(Nc2ccc(S(=O)(=O)O)cc2)c1/N=N/c1c(C#N)cnn1-c1cc(C(=O)O)cc(C(=O)O)c1. The van der Waals surface area contributed by atoms with Gasteiger partial charge in [0.2, 0.25) is 0 Å². The average molecular weight is 744 g/mol. The van der Waals surface area contributed by atoms with E-state index >= 15 is 0 Å². The van der Waals surface area contributed by atoms with Gasteiger partial charge in [0.05, 0.1) is 38.4 Å². The highest BCUT2D eigenvalue weighted by Crippen LogP contribution is 2.38. The van der Waals surface area contributed by atoms with E-state index in [1.165, 1.54) is 31.2 Å². The molecular weight excluding hydrogens is 723 g/mol. The minimum absolute atomic E-state index is 0.0648. The van der Waals surface area contributed by atoms with E-state index in [1.807, 2.05) is 12.1 Å². The molecule has 0 amide bonds. The van der Waals surface area contributed by atoms with Crippen LogP contribution in [0.5, 0.6) is 0 Å². The third kappa shape index (κ3) is 7.72. The molecule has 0 spiro atoms. The van der Waals surface area contributed by atoms with E-state index < -0.39 is 48.2 Å². The van der Waals surface area contributed by atoms with Crippen molar-refractivity contribution in [2.45, 2.75) is 16.7 Å². The molecule has 19 nitrogen and oxygen atoms in total. The van der Waals surface area contributed by atoms with Crippen molar-refractivity contribution in [1.29, 1.82) is 10.5 Å². The van der Waals surface area contributed by atoms with Crippen LogP contribution < -0.4 is 10.6 Å². The van der Waals surface area contributed by atoms with Crippen molar-refractivity contribution in [1.82, 2.24) is 14.8 Å². The molecule has 0 aliphatic carbocycles. The standard InChI is InChI=1S/C31H21N9O10S2/c1-16-25(14-33)27(35-20-2-6-23(7-3-20)51(45,46)47)37-28(36-21-4-8-24(9-5-21)52(48,49)50)26(16)38-39-29-19(13-32)15-34-40(29)22-11-17(30(41)42)10-18(12-22)31(43)44/h2-12,15H,1H3,(H,41,42)(H,43,44)(H2,35,36,37)(H,45,46,47)(H,48,49,50)/b39-38+. The third-order valence-electron chi connectivity index (χ3n) is 7.12. The molecule has 262 valence electrons. The number of nitriles is 2. The fourth-order valence-corrected chi connectivity index (χ4v) is 5.57. The number of hydrogen-bond donors (Lipinski definition) is 6. The summed E-state index contributed by atoms with van der Waals surface area (Å²) in [4.78, 5) is 27.1. The predicted octanol–water partition coefficient (Wildman–Crippen LogP) is 5.11. The lowest BCUT2D eigenvalue weighted by Crippen LogP contribution is -2.06. The molecule has 3 aromatic carbocycles. The molecule has 0 aliphatic rings. The summed E-state index contributed by atoms with van der Waals surface area (Å²) in [5, 5.41) is 57.3. The summed E-state index contributed by atoms with van der Waals surface area (Å²) in [6, 6.07) is 16.6. The monoisotopic (exact) mass is 743 g/mol. The molecule has 5 aromatic rings. The predicted molar refractivity (Wildman–Crippen MR) is 179 cm³/mol. The number of rotatable bonds is 11. The molecule has 0 saturated carbocycles. The number of carbonyl (C=O) groups is 2. The second kappa shape index (κ2) is 14.1. The maximum Gasteiger partial charge on any atom is 0.335 e. The van der Waals surface area contributed by atoms with Crippen LogP contribution in [0.2, 0.25) is 0 Å². The Morgan fingerprint density at radius 2 is 1.27 bits per heavy atom. The topological polar surface area (TPSA) is 310 Å². The van der Waals surface area contributed by atoms with Crippen molar-refractivity contribution >= 4 is 66.7 Å². The molecule has 5 rings (SSSR count). The second-order valence-corrected chi connectivity index (χ2v) is 13.3. The highest BCUT2D eigenvalue weighted by molar-refractivity contribution is 7.86. The molecule has 0 aliphatic heterocycles. The van der Waals surface area contributed by atoms with Gasteiger partial charge in [-0.2, -0.15) is 32.5 Å². The van der Waals surface area contributed by atoms with Crippen molar-refractivity contribution in [2.75, 3.05) is 10.6 Å². The Morgan fingerprint density at radius 3 is 1.71 bits per heavy atom. The van der Waals surface area contributed by atoms with Crippen LogP contribution >= 0.6 is 0 Å². The Hall–Kier alpha value is -7.04. The van der Waals surface area contributed by atoms with E-state index in [4.69, 9.17) is 0 Å². The van der Waals surface area contributed by atoms with Crippen LogP contribution in [0, 0.1) is 29.6 Å². The number of nitrogens with one attached hydrogen (secondary N) is 2. The zero-order chi connectivity index (χ0) is 38.0. The van der Waals surface area contributed by atoms with Gasteiger partial charge in [-0.1, -0.05) is 0 Å². The summed E-state index contributed by atoms with van der Waals surface area (Å²) in [6.45, 7) is 1.48. The lowest BCUT2D eigenvalue weighted by Gasteiger charge is -2.16. The van der Waals surface area contributed by atoms with Crippen molar-refractivity contribution in [3.8, 4) is 17.8 Å². The first-order valence-electron chi connectivity index (χ1n) is 14.2. The minimum atomic E-state index is -4.53. The van der Waals surface area contributed by atoms with Crippen molar-refractivity contribution < 1.29 is 45.7 Å². The van der Waals surface area contributed by atoms with Gasteiger partial charge < -0.3 is 20.8 Å². The second-order valence-electron chi connectivity index (χ2n) is 10.5. The number of pyridine rings is 1. The first-order chi connectivity index (χ1) is 24.5. The Kier molecular flexibility index (Phi) is 9.80. The molecule has 52 heavy (non-hydrogen) atoms. The molecule has 0 atom stereocenters. The molecule has 0 unspecified atom stereocenters. The fraction of sp³-hybridized carbons (Fsp3) is 0.0323. The van der Waals surface area contributed by atoms with Crippen LogP contribution in [0.15, 0.2) is 92.9 Å². The van der Waals surface area contributed by atoms with Crippen LogP contribution in [0.3, 0.4) is 0 Å². The quantitative estimate of drug-likeness (QED) is 0.0756. The van der Waals surface area contributed by atoms with E-state index in [0.29, 0.717) is 0 Å². The van der Waals surface area contributed by atoms with Gasteiger partial charge in [0.1, 0.15) is 23.4 Å². The molecule has 0 radical (unpaired) electrons. The van der Waals surface area contributed by atoms with Crippen molar-refractivity contribution in [2.24, 2.45) is 10.2 Å². The van der Waals surface area contributed by atoms with E-state index in [-0.39, 0.29) is 61.8 Å². The molecule has 0 fully saturated rings. The van der Waals surface area contributed by atoms with Gasteiger partial charge in [0, 0.05) is 16.9 Å². The molecule has 2 heterocycles. The van der Waals surface area contributed by atoms with E-state index in [1.54, 1.807) is 0 Å². The average Bonchev–Trinajstić information content (AvgIpc) is 3.50. The Balaban J connectivity index is 1.67. The largest absolute Gasteiger partial charge is 0.478 e. The lowest BCUT2D eigenvalue weighted by atomic mass is 10.1. The van der Waals surface area contributed by atoms with Gasteiger partial charge in [-0.05, 0) is 73.7 Å². The number of nitrogens with zero attached hydrogens (tertiary/aromatic N) is 7. The van der Waals surface area contributed by atoms with E-state index in [0.717, 1.165) is 53.3 Å². The molecule has 6 N–H and O–H groups in total. The highest BCUT2D eigenvalue weighted by Gasteiger charge is 2.21. The zero-order valence-corrected chi connectivity index (χ0v) is 27.7. The van der Waals surface area contributed by atoms with E-state index in [2.05, 4.69) is 30.9 Å². The third-order valence-corrected chi connectivity index (χ3v) is 8.86. The molecule has 2 aromatic heterocycles. The van der Waals surface area contributed by atoms with Crippen LogP contribution in [0.1, 0.15) is 37.4 Å². The molecule has 0 saturated heterocycles. The number of azo groups is 1. The first-order valence-corrected chi connectivity index (χ1v) is 17.0. The van der Waals surface area contributed by atoms with Crippen LogP contribution in [0.4, 0.5) is 34.5 Å². The first kappa shape index (κ1) is 36.2. The summed E-state index contributed by atoms with van der Waals surface area (Å²) >= 11 is 0. The van der Waals surface area contributed by atoms with Gasteiger partial charge in [0.15, 0.2) is 17.5 Å². The van der Waals surface area contributed by atoms with Gasteiger partial charge in [-0.25, -0.2) is 19.3 Å². The molecule has 0 bridgehead atoms. The summed E-state index contributed by atoms with van der Waals surface area (Å²) in [5.41, 5.74) is -0.578. The van der Waals surface area contributed by atoms with Crippen molar-refractivity contribution in [3.05, 3.63) is 101 Å². The van der Waals surface area contributed by atoms with Crippen LogP contribution in [0.25, 0.3) is 5.69 Å². The number of hydrogen-bond acceptors (Lipinski definition) is 14. The summed E-state index contributed by atoms with van der Waals surface area (Å²) in [5.74, 6) is -3.29. The number of aromatic carboxylic acids is 2.